The lowest BCUT2D eigenvalue weighted by Crippen LogP contribution is -2.11. The van der Waals surface area contributed by atoms with E-state index in [4.69, 9.17) is 28.3 Å². The second-order valence-electron chi connectivity index (χ2n) is 3.13. The lowest BCUT2D eigenvalue weighted by molar-refractivity contribution is -0.136. The Hall–Kier alpha value is -1.26. The molecule has 4 nitrogen and oxygen atoms in total. The van der Waals surface area contributed by atoms with Crippen LogP contribution in [0, 0.1) is 0 Å². The maximum absolute atomic E-state index is 11.0. The van der Waals surface area contributed by atoms with Gasteiger partial charge in [-0.2, -0.15) is 0 Å². The number of anilines is 1. The number of hydrogen-bond donors (Lipinski definition) is 2. The first-order valence-electron chi connectivity index (χ1n) is 4.38. The Morgan fingerprint density at radius 1 is 1.31 bits per heavy atom. The van der Waals surface area contributed by atoms with Gasteiger partial charge in [0.2, 0.25) is 5.91 Å². The van der Waals surface area contributed by atoms with Crippen LogP contribution in [0.3, 0.4) is 0 Å². The zero-order valence-electron chi connectivity index (χ0n) is 8.38. The van der Waals surface area contributed by atoms with Crippen molar-refractivity contribution in [3.8, 4) is 0 Å². The van der Waals surface area contributed by atoms with Gasteiger partial charge >= 0.3 is 5.97 Å². The first-order chi connectivity index (χ1) is 7.41. The number of rotatable bonds is 3. The average Bonchev–Trinajstić information content (AvgIpc) is 2.16. The highest BCUT2D eigenvalue weighted by Gasteiger charge is 2.15. The van der Waals surface area contributed by atoms with E-state index < -0.39 is 5.97 Å². The van der Waals surface area contributed by atoms with Crippen molar-refractivity contribution >= 4 is 40.8 Å². The molecule has 0 aliphatic carbocycles. The number of carboxylic acids is 1. The molecule has 0 saturated carbocycles. The Kier molecular flexibility index (Phi) is 4.15. The van der Waals surface area contributed by atoms with Crippen LogP contribution in [0.2, 0.25) is 10.0 Å². The number of benzene rings is 1. The summed E-state index contributed by atoms with van der Waals surface area (Å²) >= 11 is 11.7. The van der Waals surface area contributed by atoms with E-state index in [0.717, 1.165) is 0 Å². The summed E-state index contributed by atoms with van der Waals surface area (Å²) in [6.07, 6.45) is -0.297. The van der Waals surface area contributed by atoms with E-state index in [0.29, 0.717) is 5.56 Å². The zero-order valence-corrected chi connectivity index (χ0v) is 9.89. The quantitative estimate of drug-likeness (QED) is 0.879. The molecule has 1 rings (SSSR count). The van der Waals surface area contributed by atoms with E-state index in [9.17, 15) is 9.59 Å². The molecule has 86 valence electrons. The average molecular weight is 262 g/mol. The minimum Gasteiger partial charge on any atom is -0.481 e. The van der Waals surface area contributed by atoms with Crippen molar-refractivity contribution in [1.82, 2.24) is 0 Å². The van der Waals surface area contributed by atoms with Crippen LogP contribution in [0.5, 0.6) is 0 Å². The molecule has 1 amide bonds. The number of aliphatic carboxylic acids is 1. The summed E-state index contributed by atoms with van der Waals surface area (Å²) in [5.41, 5.74) is 0.556. The number of carbonyl (C=O) groups excluding carboxylic acids is 1. The molecule has 16 heavy (non-hydrogen) atoms. The smallest absolute Gasteiger partial charge is 0.307 e. The van der Waals surface area contributed by atoms with Crippen molar-refractivity contribution in [1.29, 1.82) is 0 Å². The molecule has 2 N–H and O–H groups in total. The fraction of sp³-hybridized carbons (Fsp3) is 0.200. The molecule has 0 unspecified atom stereocenters. The van der Waals surface area contributed by atoms with Crippen LogP contribution < -0.4 is 5.32 Å². The Bertz CT molecular complexity index is 405. The van der Waals surface area contributed by atoms with Crippen LogP contribution in [0.1, 0.15) is 12.5 Å². The van der Waals surface area contributed by atoms with Gasteiger partial charge in [0, 0.05) is 17.5 Å². The maximum Gasteiger partial charge on any atom is 0.307 e. The standard InChI is InChI=1S/C10H9Cl2NO3/c1-5(14)13-10-6(4-9(15)16)7(11)2-3-8(10)12/h2-3H,4H2,1H3,(H,13,14)(H,15,16). The van der Waals surface area contributed by atoms with Crippen LogP contribution in [-0.4, -0.2) is 17.0 Å². The molecule has 0 radical (unpaired) electrons. The molecule has 0 heterocycles. The van der Waals surface area contributed by atoms with Crippen LogP contribution in [0.15, 0.2) is 12.1 Å². The summed E-state index contributed by atoms with van der Waals surface area (Å²) in [5, 5.41) is 11.7. The Balaban J connectivity index is 3.24. The SMILES string of the molecule is CC(=O)Nc1c(Cl)ccc(Cl)c1CC(=O)O. The van der Waals surface area contributed by atoms with Gasteiger partial charge < -0.3 is 10.4 Å². The second kappa shape index (κ2) is 5.18. The Morgan fingerprint density at radius 2 is 1.88 bits per heavy atom. The highest BCUT2D eigenvalue weighted by molar-refractivity contribution is 6.36. The van der Waals surface area contributed by atoms with E-state index in [1.54, 1.807) is 0 Å². The second-order valence-corrected chi connectivity index (χ2v) is 3.95. The predicted molar refractivity (Wildman–Crippen MR) is 62.1 cm³/mol. The van der Waals surface area contributed by atoms with Gasteiger partial charge in [-0.1, -0.05) is 23.2 Å². The normalized spacial score (nSPS) is 9.94. The third-order valence-corrected chi connectivity index (χ3v) is 2.50. The van der Waals surface area contributed by atoms with Gasteiger partial charge in [0.15, 0.2) is 0 Å². The largest absolute Gasteiger partial charge is 0.481 e. The summed E-state index contributed by atoms with van der Waals surface area (Å²) in [4.78, 5) is 21.6. The first-order valence-corrected chi connectivity index (χ1v) is 5.13. The van der Waals surface area contributed by atoms with Gasteiger partial charge in [0.05, 0.1) is 17.1 Å². The monoisotopic (exact) mass is 261 g/mol. The number of amides is 1. The number of nitrogens with one attached hydrogen (secondary N) is 1. The summed E-state index contributed by atoms with van der Waals surface area (Å²) < 4.78 is 0. The molecular weight excluding hydrogens is 253 g/mol. The van der Waals surface area contributed by atoms with Gasteiger partial charge in [0.25, 0.3) is 0 Å². The number of carboxylic acid groups (broad SMARTS) is 1. The lowest BCUT2D eigenvalue weighted by Gasteiger charge is -2.11. The third-order valence-electron chi connectivity index (χ3n) is 1.83. The molecule has 6 heteroatoms. The number of hydrogen-bond acceptors (Lipinski definition) is 2. The maximum atomic E-state index is 11.0. The van der Waals surface area contributed by atoms with Crippen molar-refractivity contribution in [2.75, 3.05) is 5.32 Å². The lowest BCUT2D eigenvalue weighted by atomic mass is 10.1. The molecule has 1 aromatic carbocycles. The molecule has 0 bridgehead atoms. The van der Waals surface area contributed by atoms with Crippen LogP contribution in [-0.2, 0) is 16.0 Å². The zero-order chi connectivity index (χ0) is 12.3. The molecule has 0 aromatic heterocycles. The Morgan fingerprint density at radius 3 is 2.38 bits per heavy atom. The highest BCUT2D eigenvalue weighted by atomic mass is 35.5. The van der Waals surface area contributed by atoms with Gasteiger partial charge in [-0.3, -0.25) is 9.59 Å². The topological polar surface area (TPSA) is 66.4 Å². The molecule has 0 saturated heterocycles. The predicted octanol–water partition coefficient (Wildman–Crippen LogP) is 2.58. The van der Waals surface area contributed by atoms with Crippen molar-refractivity contribution in [2.24, 2.45) is 0 Å². The molecule has 1 aromatic rings. The fourth-order valence-electron chi connectivity index (χ4n) is 1.23. The van der Waals surface area contributed by atoms with E-state index in [1.165, 1.54) is 19.1 Å². The Labute approximate surface area is 102 Å². The first kappa shape index (κ1) is 12.8. The van der Waals surface area contributed by atoms with Gasteiger partial charge in [0.1, 0.15) is 0 Å². The summed E-state index contributed by atoms with van der Waals surface area (Å²) in [5.74, 6) is -1.38. The van der Waals surface area contributed by atoms with Gasteiger partial charge in [-0.15, -0.1) is 0 Å². The molecule has 0 aliphatic rings. The minimum atomic E-state index is -1.05. The molecule has 0 spiro atoms. The summed E-state index contributed by atoms with van der Waals surface area (Å²) in [7, 11) is 0. The van der Waals surface area contributed by atoms with E-state index in [1.807, 2.05) is 0 Å². The highest BCUT2D eigenvalue weighted by Crippen LogP contribution is 2.32. The van der Waals surface area contributed by atoms with Gasteiger partial charge in [-0.05, 0) is 12.1 Å². The molecule has 0 atom stereocenters. The van der Waals surface area contributed by atoms with Crippen molar-refractivity contribution in [2.45, 2.75) is 13.3 Å². The molecule has 0 fully saturated rings. The van der Waals surface area contributed by atoms with Crippen molar-refractivity contribution < 1.29 is 14.7 Å². The van der Waals surface area contributed by atoms with Crippen LogP contribution in [0.25, 0.3) is 0 Å². The van der Waals surface area contributed by atoms with Crippen LogP contribution in [0.4, 0.5) is 5.69 Å². The number of carbonyl (C=O) groups is 2. The third kappa shape index (κ3) is 3.12. The minimum absolute atomic E-state index is 0.254. The van der Waals surface area contributed by atoms with Crippen molar-refractivity contribution in [3.05, 3.63) is 27.7 Å². The summed E-state index contributed by atoms with van der Waals surface area (Å²) in [6.45, 7) is 1.31. The van der Waals surface area contributed by atoms with E-state index in [2.05, 4.69) is 5.32 Å². The molecular formula is C10H9Cl2NO3. The summed E-state index contributed by atoms with van der Waals surface area (Å²) in [6, 6.07) is 2.99. The van der Waals surface area contributed by atoms with Crippen LogP contribution >= 0.6 is 23.2 Å². The number of halogens is 2. The van der Waals surface area contributed by atoms with E-state index >= 15 is 0 Å². The van der Waals surface area contributed by atoms with Gasteiger partial charge in [-0.25, -0.2) is 0 Å². The fourth-order valence-corrected chi connectivity index (χ4v) is 1.68. The van der Waals surface area contributed by atoms with E-state index in [-0.39, 0.29) is 28.1 Å². The molecule has 0 aliphatic heterocycles. The van der Waals surface area contributed by atoms with Crippen molar-refractivity contribution in [3.63, 3.8) is 0 Å².